The van der Waals surface area contributed by atoms with E-state index >= 15 is 0 Å². The highest BCUT2D eigenvalue weighted by atomic mass is 35.5. The Morgan fingerprint density at radius 1 is 1.25 bits per heavy atom. The summed E-state index contributed by atoms with van der Waals surface area (Å²) in [5.74, 6) is 0.737. The van der Waals surface area contributed by atoms with Crippen LogP contribution in [0.15, 0.2) is 18.2 Å². The van der Waals surface area contributed by atoms with E-state index in [4.69, 9.17) is 16.3 Å². The predicted molar refractivity (Wildman–Crippen MR) is 68.4 cm³/mol. The summed E-state index contributed by atoms with van der Waals surface area (Å²) in [6.07, 6.45) is 0. The van der Waals surface area contributed by atoms with E-state index in [-0.39, 0.29) is 5.60 Å². The summed E-state index contributed by atoms with van der Waals surface area (Å²) in [4.78, 5) is 3.25. The fraction of sp³-hybridized carbons (Fsp3) is 0.385. The van der Waals surface area contributed by atoms with Crippen LogP contribution in [-0.2, 0) is 0 Å². The van der Waals surface area contributed by atoms with Crippen molar-refractivity contribution in [3.8, 4) is 5.75 Å². The van der Waals surface area contributed by atoms with Gasteiger partial charge in [-0.15, -0.1) is 0 Å². The van der Waals surface area contributed by atoms with E-state index in [0.717, 1.165) is 22.3 Å². The summed E-state index contributed by atoms with van der Waals surface area (Å²) in [7, 11) is 0. The van der Waals surface area contributed by atoms with Gasteiger partial charge in [-0.3, -0.25) is 0 Å². The molecule has 0 atom stereocenters. The summed E-state index contributed by atoms with van der Waals surface area (Å²) in [5, 5.41) is 1.69. The standard InChI is InChI=1S/C13H16ClNO/c1-8-7-9-10(15-8)5-6-11(12(9)14)16-13(2,3)4/h5-7,15H,1-4H3. The van der Waals surface area contributed by atoms with Crippen molar-refractivity contribution in [2.24, 2.45) is 0 Å². The lowest BCUT2D eigenvalue weighted by Crippen LogP contribution is -2.23. The molecule has 0 unspecified atom stereocenters. The van der Waals surface area contributed by atoms with Gasteiger partial charge in [0.1, 0.15) is 11.4 Å². The molecule has 0 amide bonds. The average Bonchev–Trinajstić information content (AvgIpc) is 2.50. The highest BCUT2D eigenvalue weighted by Crippen LogP contribution is 2.34. The molecule has 2 rings (SSSR count). The zero-order chi connectivity index (χ0) is 11.9. The molecule has 0 aliphatic rings. The van der Waals surface area contributed by atoms with E-state index in [9.17, 15) is 0 Å². The van der Waals surface area contributed by atoms with E-state index in [1.165, 1.54) is 0 Å². The van der Waals surface area contributed by atoms with Gasteiger partial charge in [-0.2, -0.15) is 0 Å². The molecule has 1 aromatic heterocycles. The second kappa shape index (κ2) is 3.70. The molecule has 0 radical (unpaired) electrons. The molecule has 2 aromatic rings. The fourth-order valence-corrected chi connectivity index (χ4v) is 1.95. The van der Waals surface area contributed by atoms with Gasteiger partial charge in [0.2, 0.25) is 0 Å². The Kier molecular flexibility index (Phi) is 2.62. The number of aromatic amines is 1. The molecule has 1 heterocycles. The zero-order valence-corrected chi connectivity index (χ0v) is 10.8. The molecule has 1 N–H and O–H groups in total. The number of halogens is 1. The minimum Gasteiger partial charge on any atom is -0.487 e. The second-order valence-corrected chi connectivity index (χ2v) is 5.38. The number of benzene rings is 1. The Morgan fingerprint density at radius 2 is 1.94 bits per heavy atom. The van der Waals surface area contributed by atoms with Gasteiger partial charge >= 0.3 is 0 Å². The van der Waals surface area contributed by atoms with E-state index in [0.29, 0.717) is 5.02 Å². The third-order valence-corrected chi connectivity index (χ3v) is 2.64. The van der Waals surface area contributed by atoms with E-state index in [2.05, 4.69) is 4.98 Å². The van der Waals surface area contributed by atoms with Crippen LogP contribution < -0.4 is 4.74 Å². The van der Waals surface area contributed by atoms with Gasteiger partial charge in [-0.05, 0) is 45.9 Å². The highest BCUT2D eigenvalue weighted by molar-refractivity contribution is 6.37. The average molecular weight is 238 g/mol. The SMILES string of the molecule is Cc1cc2c(Cl)c(OC(C)(C)C)ccc2[nH]1. The van der Waals surface area contributed by atoms with Crippen LogP contribution in [0.2, 0.25) is 5.02 Å². The third kappa shape index (κ3) is 2.17. The van der Waals surface area contributed by atoms with Crippen LogP contribution in [0.4, 0.5) is 0 Å². The summed E-state index contributed by atoms with van der Waals surface area (Å²) < 4.78 is 5.80. The Bertz CT molecular complexity index is 522. The quantitative estimate of drug-likeness (QED) is 0.786. The van der Waals surface area contributed by atoms with Crippen molar-refractivity contribution >= 4 is 22.5 Å². The van der Waals surface area contributed by atoms with Crippen LogP contribution in [0.1, 0.15) is 26.5 Å². The first-order valence-electron chi connectivity index (χ1n) is 5.34. The maximum Gasteiger partial charge on any atom is 0.139 e. The van der Waals surface area contributed by atoms with E-state index < -0.39 is 0 Å². The lowest BCUT2D eigenvalue weighted by molar-refractivity contribution is 0.131. The molecule has 1 aromatic carbocycles. The molecule has 0 saturated carbocycles. The molecular weight excluding hydrogens is 222 g/mol. The number of hydrogen-bond acceptors (Lipinski definition) is 1. The molecular formula is C13H16ClNO. The fourth-order valence-electron chi connectivity index (χ4n) is 1.70. The topological polar surface area (TPSA) is 25.0 Å². The number of nitrogens with one attached hydrogen (secondary N) is 1. The third-order valence-electron chi connectivity index (χ3n) is 2.25. The molecule has 0 fully saturated rings. The van der Waals surface area contributed by atoms with Crippen LogP contribution in [0.3, 0.4) is 0 Å². The number of aryl methyl sites for hydroxylation is 1. The predicted octanol–water partition coefficient (Wildman–Crippen LogP) is 4.31. The molecule has 3 heteroatoms. The van der Waals surface area contributed by atoms with Crippen molar-refractivity contribution in [3.05, 3.63) is 28.9 Å². The number of H-pyrrole nitrogens is 1. The van der Waals surface area contributed by atoms with Crippen molar-refractivity contribution in [1.29, 1.82) is 0 Å². The van der Waals surface area contributed by atoms with E-state index in [1.807, 2.05) is 45.9 Å². The van der Waals surface area contributed by atoms with Gasteiger partial charge in [0.15, 0.2) is 0 Å². The molecule has 2 nitrogen and oxygen atoms in total. The summed E-state index contributed by atoms with van der Waals surface area (Å²) in [6.45, 7) is 8.04. The van der Waals surface area contributed by atoms with Crippen LogP contribution in [-0.4, -0.2) is 10.6 Å². The lowest BCUT2D eigenvalue weighted by Gasteiger charge is -2.22. The minimum absolute atomic E-state index is 0.233. The monoisotopic (exact) mass is 237 g/mol. The Labute approximate surface area is 101 Å². The number of rotatable bonds is 1. The van der Waals surface area contributed by atoms with Gasteiger partial charge in [-0.1, -0.05) is 11.6 Å². The maximum atomic E-state index is 6.32. The van der Waals surface area contributed by atoms with Crippen molar-refractivity contribution in [1.82, 2.24) is 4.98 Å². The number of ether oxygens (including phenoxy) is 1. The molecule has 0 aliphatic carbocycles. The largest absolute Gasteiger partial charge is 0.487 e. The first-order valence-corrected chi connectivity index (χ1v) is 5.71. The zero-order valence-electron chi connectivity index (χ0n) is 10.0. The molecule has 0 saturated heterocycles. The second-order valence-electron chi connectivity index (χ2n) is 5.01. The van der Waals surface area contributed by atoms with Crippen molar-refractivity contribution < 1.29 is 4.74 Å². The first-order chi connectivity index (χ1) is 7.37. The van der Waals surface area contributed by atoms with Gasteiger partial charge in [0, 0.05) is 16.6 Å². The van der Waals surface area contributed by atoms with Crippen molar-refractivity contribution in [3.63, 3.8) is 0 Å². The van der Waals surface area contributed by atoms with Crippen LogP contribution in [0, 0.1) is 6.92 Å². The molecule has 86 valence electrons. The number of fused-ring (bicyclic) bond motifs is 1. The molecule has 0 spiro atoms. The summed E-state index contributed by atoms with van der Waals surface area (Å²) >= 11 is 6.32. The Morgan fingerprint density at radius 3 is 2.56 bits per heavy atom. The number of hydrogen-bond donors (Lipinski definition) is 1. The van der Waals surface area contributed by atoms with Gasteiger partial charge in [-0.25, -0.2) is 0 Å². The smallest absolute Gasteiger partial charge is 0.139 e. The molecule has 16 heavy (non-hydrogen) atoms. The Hall–Kier alpha value is -1.15. The summed E-state index contributed by atoms with van der Waals surface area (Å²) in [6, 6.07) is 5.94. The minimum atomic E-state index is -0.233. The van der Waals surface area contributed by atoms with Gasteiger partial charge < -0.3 is 9.72 Å². The molecule has 0 bridgehead atoms. The van der Waals surface area contributed by atoms with Crippen molar-refractivity contribution in [2.45, 2.75) is 33.3 Å². The van der Waals surface area contributed by atoms with Crippen LogP contribution >= 0.6 is 11.6 Å². The van der Waals surface area contributed by atoms with E-state index in [1.54, 1.807) is 0 Å². The van der Waals surface area contributed by atoms with Crippen LogP contribution in [0.5, 0.6) is 5.75 Å². The maximum absolute atomic E-state index is 6.32. The lowest BCUT2D eigenvalue weighted by atomic mass is 10.2. The normalized spacial score (nSPS) is 12.1. The molecule has 0 aliphatic heterocycles. The van der Waals surface area contributed by atoms with Crippen LogP contribution in [0.25, 0.3) is 10.9 Å². The first kappa shape index (κ1) is 11.3. The number of aromatic nitrogens is 1. The highest BCUT2D eigenvalue weighted by Gasteiger charge is 2.16. The Balaban J connectivity index is 2.52. The summed E-state index contributed by atoms with van der Waals surface area (Å²) in [5.41, 5.74) is 1.91. The van der Waals surface area contributed by atoms with Gasteiger partial charge in [0.25, 0.3) is 0 Å². The van der Waals surface area contributed by atoms with Gasteiger partial charge in [0.05, 0.1) is 5.02 Å². The van der Waals surface area contributed by atoms with Crippen molar-refractivity contribution in [2.75, 3.05) is 0 Å².